The summed E-state index contributed by atoms with van der Waals surface area (Å²) in [5.74, 6) is 0.115. The molecule has 0 aromatic heterocycles. The Balaban J connectivity index is 2.84. The lowest BCUT2D eigenvalue weighted by atomic mass is 9.75. The first-order chi connectivity index (χ1) is 9.06. The van der Waals surface area contributed by atoms with Crippen molar-refractivity contribution in [2.75, 3.05) is 6.54 Å². The number of hydrogen-bond donors (Lipinski definition) is 2. The molecule has 0 fully saturated rings. The fourth-order valence-electron chi connectivity index (χ4n) is 2.45. The fourth-order valence-corrected chi connectivity index (χ4v) is 2.45. The zero-order chi connectivity index (χ0) is 14.3. The molecule has 106 valence electrons. The van der Waals surface area contributed by atoms with Crippen molar-refractivity contribution in [1.29, 1.82) is 0 Å². The van der Waals surface area contributed by atoms with E-state index in [9.17, 15) is 4.79 Å². The highest BCUT2D eigenvalue weighted by atomic mass is 16.2. The van der Waals surface area contributed by atoms with E-state index in [1.807, 2.05) is 37.3 Å². The molecule has 0 saturated heterocycles. The minimum absolute atomic E-state index is 0.115. The van der Waals surface area contributed by atoms with Gasteiger partial charge in [0.25, 0.3) is 0 Å². The van der Waals surface area contributed by atoms with Crippen LogP contribution < -0.4 is 11.1 Å². The monoisotopic (exact) mass is 262 g/mol. The van der Waals surface area contributed by atoms with Crippen molar-refractivity contribution in [2.24, 2.45) is 5.73 Å². The second-order valence-corrected chi connectivity index (χ2v) is 5.18. The smallest absolute Gasteiger partial charge is 0.230 e. The van der Waals surface area contributed by atoms with Crippen molar-refractivity contribution in [2.45, 2.75) is 51.5 Å². The zero-order valence-corrected chi connectivity index (χ0v) is 12.3. The number of carbonyl (C=O) groups excluding carboxylic acids is 1. The molecule has 0 heterocycles. The molecule has 3 N–H and O–H groups in total. The van der Waals surface area contributed by atoms with Crippen LogP contribution in [-0.2, 0) is 10.2 Å². The second-order valence-electron chi connectivity index (χ2n) is 5.18. The summed E-state index contributed by atoms with van der Waals surface area (Å²) in [5.41, 5.74) is 6.39. The van der Waals surface area contributed by atoms with Gasteiger partial charge in [0.1, 0.15) is 0 Å². The molecule has 1 rings (SSSR count). The van der Waals surface area contributed by atoms with Crippen molar-refractivity contribution in [3.05, 3.63) is 35.9 Å². The number of nitrogens with two attached hydrogens (primary N) is 1. The van der Waals surface area contributed by atoms with Gasteiger partial charge in [0.15, 0.2) is 0 Å². The van der Waals surface area contributed by atoms with E-state index in [1.165, 1.54) is 0 Å². The standard InChI is InChI=1S/C16H26N2O/c1-4-16(5-2,14-9-7-6-8-10-14)15(19)18-12-11-13(3)17/h6-10,13H,4-5,11-12,17H2,1-3H3,(H,18,19). The summed E-state index contributed by atoms with van der Waals surface area (Å²) < 4.78 is 0. The molecule has 0 spiro atoms. The lowest BCUT2D eigenvalue weighted by Crippen LogP contribution is -2.44. The Kier molecular flexibility index (Phi) is 6.03. The molecule has 0 aliphatic carbocycles. The van der Waals surface area contributed by atoms with Crippen molar-refractivity contribution < 1.29 is 4.79 Å². The summed E-state index contributed by atoms with van der Waals surface area (Å²) in [4.78, 5) is 12.6. The molecular weight excluding hydrogens is 236 g/mol. The highest BCUT2D eigenvalue weighted by Crippen LogP contribution is 2.31. The van der Waals surface area contributed by atoms with Gasteiger partial charge in [0, 0.05) is 12.6 Å². The lowest BCUT2D eigenvalue weighted by molar-refractivity contribution is -0.127. The van der Waals surface area contributed by atoms with Crippen LogP contribution in [0.15, 0.2) is 30.3 Å². The number of amides is 1. The molecule has 1 unspecified atom stereocenters. The molecular formula is C16H26N2O. The summed E-state index contributed by atoms with van der Waals surface area (Å²) in [6, 6.07) is 10.2. The van der Waals surface area contributed by atoms with E-state index >= 15 is 0 Å². The highest BCUT2D eigenvalue weighted by Gasteiger charge is 2.36. The Bertz CT molecular complexity index is 383. The van der Waals surface area contributed by atoms with E-state index in [-0.39, 0.29) is 11.9 Å². The van der Waals surface area contributed by atoms with Crippen LogP contribution in [0.1, 0.15) is 45.6 Å². The zero-order valence-electron chi connectivity index (χ0n) is 12.3. The molecule has 1 aromatic rings. The third kappa shape index (κ3) is 3.80. The van der Waals surface area contributed by atoms with Crippen LogP contribution in [0.5, 0.6) is 0 Å². The third-order valence-electron chi connectivity index (χ3n) is 3.85. The average molecular weight is 262 g/mol. The Morgan fingerprint density at radius 3 is 2.32 bits per heavy atom. The van der Waals surface area contributed by atoms with Crippen LogP contribution >= 0.6 is 0 Å². The number of rotatable bonds is 7. The second kappa shape index (κ2) is 7.29. The van der Waals surface area contributed by atoms with E-state index in [4.69, 9.17) is 5.73 Å². The molecule has 3 nitrogen and oxygen atoms in total. The first-order valence-corrected chi connectivity index (χ1v) is 7.16. The molecule has 0 aliphatic rings. The lowest BCUT2D eigenvalue weighted by Gasteiger charge is -2.31. The molecule has 1 atom stereocenters. The average Bonchev–Trinajstić information content (AvgIpc) is 2.41. The Morgan fingerprint density at radius 1 is 1.26 bits per heavy atom. The Morgan fingerprint density at radius 2 is 1.84 bits per heavy atom. The summed E-state index contributed by atoms with van der Waals surface area (Å²) in [7, 11) is 0. The Hall–Kier alpha value is -1.35. The van der Waals surface area contributed by atoms with E-state index in [1.54, 1.807) is 0 Å². The molecule has 0 saturated carbocycles. The van der Waals surface area contributed by atoms with E-state index in [0.29, 0.717) is 6.54 Å². The van der Waals surface area contributed by atoms with Crippen molar-refractivity contribution in [3.8, 4) is 0 Å². The molecule has 0 radical (unpaired) electrons. The molecule has 0 bridgehead atoms. The fraction of sp³-hybridized carbons (Fsp3) is 0.562. The topological polar surface area (TPSA) is 55.1 Å². The van der Waals surface area contributed by atoms with Gasteiger partial charge in [0.2, 0.25) is 5.91 Å². The van der Waals surface area contributed by atoms with Gasteiger partial charge in [-0.1, -0.05) is 44.2 Å². The van der Waals surface area contributed by atoms with Gasteiger partial charge in [-0.2, -0.15) is 0 Å². The molecule has 1 amide bonds. The highest BCUT2D eigenvalue weighted by molar-refractivity contribution is 5.88. The van der Waals surface area contributed by atoms with E-state index in [2.05, 4.69) is 19.2 Å². The van der Waals surface area contributed by atoms with Gasteiger partial charge in [-0.3, -0.25) is 4.79 Å². The van der Waals surface area contributed by atoms with Gasteiger partial charge in [-0.05, 0) is 31.7 Å². The van der Waals surface area contributed by atoms with Crippen LogP contribution in [0.25, 0.3) is 0 Å². The van der Waals surface area contributed by atoms with Crippen molar-refractivity contribution >= 4 is 5.91 Å². The Labute approximate surface area is 116 Å². The summed E-state index contributed by atoms with van der Waals surface area (Å²) in [5, 5.41) is 3.04. The first kappa shape index (κ1) is 15.7. The van der Waals surface area contributed by atoms with Gasteiger partial charge >= 0.3 is 0 Å². The van der Waals surface area contributed by atoms with E-state index in [0.717, 1.165) is 24.8 Å². The SMILES string of the molecule is CCC(CC)(C(=O)NCCC(C)N)c1ccccc1. The summed E-state index contributed by atoms with van der Waals surface area (Å²) in [6.07, 6.45) is 2.42. The number of hydrogen-bond acceptors (Lipinski definition) is 2. The molecule has 1 aromatic carbocycles. The maximum absolute atomic E-state index is 12.6. The van der Waals surface area contributed by atoms with Gasteiger partial charge in [0.05, 0.1) is 5.41 Å². The van der Waals surface area contributed by atoms with Crippen LogP contribution in [0.2, 0.25) is 0 Å². The maximum atomic E-state index is 12.6. The summed E-state index contributed by atoms with van der Waals surface area (Å²) in [6.45, 7) is 6.74. The quantitative estimate of drug-likeness (QED) is 0.793. The van der Waals surface area contributed by atoms with Crippen LogP contribution in [0, 0.1) is 0 Å². The third-order valence-corrected chi connectivity index (χ3v) is 3.85. The van der Waals surface area contributed by atoms with Crippen LogP contribution in [0.3, 0.4) is 0 Å². The molecule has 0 aliphatic heterocycles. The molecule has 3 heteroatoms. The maximum Gasteiger partial charge on any atom is 0.230 e. The minimum Gasteiger partial charge on any atom is -0.355 e. The van der Waals surface area contributed by atoms with E-state index < -0.39 is 5.41 Å². The van der Waals surface area contributed by atoms with Crippen molar-refractivity contribution in [3.63, 3.8) is 0 Å². The van der Waals surface area contributed by atoms with Gasteiger partial charge in [-0.25, -0.2) is 0 Å². The number of carbonyl (C=O) groups is 1. The van der Waals surface area contributed by atoms with Gasteiger partial charge < -0.3 is 11.1 Å². The van der Waals surface area contributed by atoms with Crippen LogP contribution in [0.4, 0.5) is 0 Å². The summed E-state index contributed by atoms with van der Waals surface area (Å²) >= 11 is 0. The van der Waals surface area contributed by atoms with Crippen molar-refractivity contribution in [1.82, 2.24) is 5.32 Å². The molecule has 19 heavy (non-hydrogen) atoms. The minimum atomic E-state index is -0.418. The number of benzene rings is 1. The van der Waals surface area contributed by atoms with Crippen LogP contribution in [-0.4, -0.2) is 18.5 Å². The largest absolute Gasteiger partial charge is 0.355 e. The van der Waals surface area contributed by atoms with Gasteiger partial charge in [-0.15, -0.1) is 0 Å². The predicted molar refractivity (Wildman–Crippen MR) is 80.0 cm³/mol. The number of nitrogens with one attached hydrogen (secondary N) is 1. The first-order valence-electron chi connectivity index (χ1n) is 7.16. The predicted octanol–water partition coefficient (Wildman–Crippen LogP) is 2.60. The normalized spacial score (nSPS) is 13.1.